The van der Waals surface area contributed by atoms with E-state index in [4.69, 9.17) is 4.55 Å². The van der Waals surface area contributed by atoms with E-state index in [1.165, 1.54) is 12.1 Å². The minimum atomic E-state index is -4.13. The Hall–Kier alpha value is -1.11. The lowest BCUT2D eigenvalue weighted by molar-refractivity contribution is 0.490. The molecule has 0 heterocycles. The molecule has 0 unspecified atom stereocenters. The molecule has 0 aliphatic heterocycles. The third-order valence-electron chi connectivity index (χ3n) is 1.52. The molecule has 0 aliphatic rings. The third kappa shape index (κ3) is 9.45. The van der Waals surface area contributed by atoms with Gasteiger partial charge in [0.1, 0.15) is 0 Å². The van der Waals surface area contributed by atoms with Crippen LogP contribution in [-0.4, -0.2) is 26.1 Å². The van der Waals surface area contributed by atoms with Crippen LogP contribution in [0.3, 0.4) is 0 Å². The van der Waals surface area contributed by atoms with Gasteiger partial charge in [0, 0.05) is 0 Å². The molecule has 0 aromatic heterocycles. The molecule has 0 bridgehead atoms. The first-order valence-electron chi connectivity index (χ1n) is 5.00. The highest BCUT2D eigenvalue weighted by molar-refractivity contribution is 7.87. The number of hydrogen-bond acceptors (Lipinski definition) is 3. The molecule has 0 amide bonds. The third-order valence-corrected chi connectivity index (χ3v) is 2.01. The molecule has 0 spiro atoms. The van der Waals surface area contributed by atoms with Gasteiger partial charge in [-0.3, -0.25) is 9.27 Å². The molecule has 3 N–H and O–H groups in total. The molecule has 0 radical (unpaired) electrons. The lowest BCUT2D eigenvalue weighted by Gasteiger charge is -1.99. The van der Waals surface area contributed by atoms with Crippen molar-refractivity contribution in [3.63, 3.8) is 0 Å². The highest BCUT2D eigenvalue weighted by atomic mass is 32.2. The quantitative estimate of drug-likeness (QED) is 0.704. The molecular formula is C10H18N2O3S. The second kappa shape index (κ2) is 8.09. The summed E-state index contributed by atoms with van der Waals surface area (Å²) in [5, 5.41) is 3.11. The summed E-state index contributed by atoms with van der Waals surface area (Å²) in [5.74, 6) is 0. The average Bonchev–Trinajstić information content (AvgIpc) is 2.19. The predicted molar refractivity (Wildman–Crippen MR) is 65.8 cm³/mol. The number of anilines is 1. The number of nitrogens with one attached hydrogen (secondary N) is 2. The number of para-hydroxylation sites is 1. The summed E-state index contributed by atoms with van der Waals surface area (Å²) in [6, 6.07) is 8.14. The summed E-state index contributed by atoms with van der Waals surface area (Å²) in [7, 11) is -4.13. The van der Waals surface area contributed by atoms with E-state index >= 15 is 0 Å². The van der Waals surface area contributed by atoms with Gasteiger partial charge in [-0.15, -0.1) is 0 Å². The van der Waals surface area contributed by atoms with Crippen molar-refractivity contribution in [3.05, 3.63) is 30.3 Å². The van der Waals surface area contributed by atoms with Crippen LogP contribution in [-0.2, 0) is 10.3 Å². The van der Waals surface area contributed by atoms with Crippen LogP contribution in [0.5, 0.6) is 0 Å². The maximum absolute atomic E-state index is 10.2. The number of rotatable bonds is 4. The zero-order valence-corrected chi connectivity index (χ0v) is 10.3. The van der Waals surface area contributed by atoms with Crippen molar-refractivity contribution >= 4 is 16.0 Å². The van der Waals surface area contributed by atoms with Crippen molar-refractivity contribution < 1.29 is 13.0 Å². The largest absolute Gasteiger partial charge is 0.357 e. The Morgan fingerprint density at radius 3 is 1.94 bits per heavy atom. The first-order valence-corrected chi connectivity index (χ1v) is 6.44. The van der Waals surface area contributed by atoms with Crippen molar-refractivity contribution in [2.45, 2.75) is 13.8 Å². The first-order chi connectivity index (χ1) is 7.49. The second-order valence-electron chi connectivity index (χ2n) is 2.90. The van der Waals surface area contributed by atoms with Crippen molar-refractivity contribution in [3.8, 4) is 0 Å². The molecule has 0 saturated heterocycles. The van der Waals surface area contributed by atoms with Crippen LogP contribution in [0.15, 0.2) is 30.3 Å². The molecule has 1 aromatic carbocycles. The van der Waals surface area contributed by atoms with E-state index in [0.29, 0.717) is 5.69 Å². The van der Waals surface area contributed by atoms with Gasteiger partial charge in [-0.1, -0.05) is 32.0 Å². The fourth-order valence-electron chi connectivity index (χ4n) is 0.905. The van der Waals surface area contributed by atoms with E-state index in [2.05, 4.69) is 19.2 Å². The second-order valence-corrected chi connectivity index (χ2v) is 4.05. The molecule has 16 heavy (non-hydrogen) atoms. The van der Waals surface area contributed by atoms with Gasteiger partial charge in [-0.05, 0) is 25.2 Å². The van der Waals surface area contributed by atoms with Gasteiger partial charge in [-0.25, -0.2) is 0 Å². The van der Waals surface area contributed by atoms with E-state index in [0.717, 1.165) is 13.1 Å². The predicted octanol–water partition coefficient (Wildman–Crippen LogP) is 1.52. The monoisotopic (exact) mass is 246 g/mol. The van der Waals surface area contributed by atoms with Crippen LogP contribution in [0, 0.1) is 0 Å². The molecule has 6 heteroatoms. The van der Waals surface area contributed by atoms with E-state index in [1.807, 2.05) is 4.72 Å². The summed E-state index contributed by atoms with van der Waals surface area (Å²) in [6.45, 7) is 6.39. The maximum Gasteiger partial charge on any atom is 0.357 e. The van der Waals surface area contributed by atoms with Crippen molar-refractivity contribution in [2.24, 2.45) is 0 Å². The van der Waals surface area contributed by atoms with Gasteiger partial charge in [0.05, 0.1) is 5.69 Å². The Bertz CT molecular complexity index is 363. The fraction of sp³-hybridized carbons (Fsp3) is 0.400. The molecule has 0 atom stereocenters. The van der Waals surface area contributed by atoms with Crippen LogP contribution in [0.2, 0.25) is 0 Å². The number of benzene rings is 1. The molecule has 1 rings (SSSR count). The SMILES string of the molecule is CCNCC.O=S(=O)(O)Nc1ccccc1. The maximum atomic E-state index is 10.2. The van der Waals surface area contributed by atoms with Crippen LogP contribution in [0.25, 0.3) is 0 Å². The lowest BCUT2D eigenvalue weighted by atomic mass is 10.3. The molecule has 1 aromatic rings. The summed E-state index contributed by atoms with van der Waals surface area (Å²) in [4.78, 5) is 0. The number of hydrogen-bond donors (Lipinski definition) is 3. The van der Waals surface area contributed by atoms with Gasteiger partial charge in [-0.2, -0.15) is 8.42 Å². The molecule has 92 valence electrons. The van der Waals surface area contributed by atoms with Gasteiger partial charge >= 0.3 is 10.3 Å². The summed E-state index contributed by atoms with van der Waals surface area (Å²) >= 11 is 0. The van der Waals surface area contributed by atoms with Gasteiger partial charge in [0.25, 0.3) is 0 Å². The highest BCUT2D eigenvalue weighted by Gasteiger charge is 2.00. The molecule has 0 saturated carbocycles. The normalized spacial score (nSPS) is 10.2. The Morgan fingerprint density at radius 2 is 1.62 bits per heavy atom. The summed E-state index contributed by atoms with van der Waals surface area (Å²) in [5.41, 5.74) is 0.343. The van der Waals surface area contributed by atoms with Crippen molar-refractivity contribution in [2.75, 3.05) is 17.8 Å². The van der Waals surface area contributed by atoms with E-state index < -0.39 is 10.3 Å². The zero-order valence-electron chi connectivity index (χ0n) is 9.47. The molecule has 0 fully saturated rings. The topological polar surface area (TPSA) is 78.4 Å². The molecular weight excluding hydrogens is 228 g/mol. The van der Waals surface area contributed by atoms with E-state index in [9.17, 15) is 8.42 Å². The van der Waals surface area contributed by atoms with E-state index in [-0.39, 0.29) is 0 Å². The fourth-order valence-corrected chi connectivity index (χ4v) is 1.34. The average molecular weight is 246 g/mol. The Labute approximate surface area is 96.8 Å². The van der Waals surface area contributed by atoms with Gasteiger partial charge in [0.15, 0.2) is 0 Å². The first kappa shape index (κ1) is 14.9. The van der Waals surface area contributed by atoms with Gasteiger partial charge < -0.3 is 5.32 Å². The summed E-state index contributed by atoms with van der Waals surface area (Å²) < 4.78 is 30.7. The Balaban J connectivity index is 0.000000385. The Morgan fingerprint density at radius 1 is 1.12 bits per heavy atom. The van der Waals surface area contributed by atoms with E-state index in [1.54, 1.807) is 18.2 Å². The molecule has 5 nitrogen and oxygen atoms in total. The van der Waals surface area contributed by atoms with Gasteiger partial charge in [0.2, 0.25) is 0 Å². The Kier molecular flexibility index (Phi) is 7.53. The minimum absolute atomic E-state index is 0.343. The standard InChI is InChI=1S/C6H7NO3S.C4H11N/c8-11(9,10)7-6-4-2-1-3-5-6;1-3-5-4-2/h1-5,7H,(H,8,9,10);5H,3-4H2,1-2H3. The van der Waals surface area contributed by atoms with Crippen LogP contribution >= 0.6 is 0 Å². The molecule has 0 aliphatic carbocycles. The highest BCUT2D eigenvalue weighted by Crippen LogP contribution is 2.05. The summed E-state index contributed by atoms with van der Waals surface area (Å²) in [6.07, 6.45) is 0. The van der Waals surface area contributed by atoms with Crippen LogP contribution in [0.1, 0.15) is 13.8 Å². The van der Waals surface area contributed by atoms with Crippen LogP contribution in [0.4, 0.5) is 5.69 Å². The zero-order chi connectivity index (χ0) is 12.4. The minimum Gasteiger partial charge on any atom is -0.317 e. The smallest absolute Gasteiger partial charge is 0.317 e. The van der Waals surface area contributed by atoms with Crippen molar-refractivity contribution in [1.29, 1.82) is 0 Å². The van der Waals surface area contributed by atoms with Crippen LogP contribution < -0.4 is 10.0 Å². The lowest BCUT2D eigenvalue weighted by Crippen LogP contribution is -2.09. The van der Waals surface area contributed by atoms with Crippen molar-refractivity contribution in [1.82, 2.24) is 5.32 Å².